The van der Waals surface area contributed by atoms with Gasteiger partial charge in [0.2, 0.25) is 0 Å². The van der Waals surface area contributed by atoms with Crippen LogP contribution in [0.3, 0.4) is 0 Å². The molecule has 1 aromatic rings. The van der Waals surface area contributed by atoms with Crippen LogP contribution >= 0.6 is 0 Å². The molecule has 0 aromatic carbocycles. The second-order valence-corrected chi connectivity index (χ2v) is 3.91. The van der Waals surface area contributed by atoms with Crippen molar-refractivity contribution < 1.29 is 0 Å². The fourth-order valence-electron chi connectivity index (χ4n) is 1.85. The molecule has 1 atom stereocenters. The lowest BCUT2D eigenvalue weighted by atomic mass is 10.2. The molecule has 72 valence electrons. The summed E-state index contributed by atoms with van der Waals surface area (Å²) in [7, 11) is 0. The van der Waals surface area contributed by atoms with E-state index in [2.05, 4.69) is 35.1 Å². The quantitative estimate of drug-likeness (QED) is 0.740. The summed E-state index contributed by atoms with van der Waals surface area (Å²) in [4.78, 5) is 0. The van der Waals surface area contributed by atoms with Crippen molar-refractivity contribution in [2.45, 2.75) is 39.3 Å². The molecule has 0 radical (unpaired) electrons. The third-order valence-corrected chi connectivity index (χ3v) is 2.76. The molecule has 3 heteroatoms. The third kappa shape index (κ3) is 1.91. The molecule has 0 amide bonds. The standard InChI is InChI=1S/C10H17N3/c1-8-6-13(12-9(8)2)7-10-4-3-5-11-10/h6,10-11H,3-5,7H2,1-2H3. The number of rotatable bonds is 2. The molecule has 0 saturated carbocycles. The minimum Gasteiger partial charge on any atom is -0.312 e. The number of nitrogens with zero attached hydrogens (tertiary/aromatic N) is 2. The van der Waals surface area contributed by atoms with E-state index in [0.717, 1.165) is 12.2 Å². The van der Waals surface area contributed by atoms with Crippen molar-refractivity contribution in [1.82, 2.24) is 15.1 Å². The van der Waals surface area contributed by atoms with E-state index in [0.29, 0.717) is 6.04 Å². The van der Waals surface area contributed by atoms with Gasteiger partial charge in [0.1, 0.15) is 0 Å². The summed E-state index contributed by atoms with van der Waals surface area (Å²) in [6, 6.07) is 0.638. The third-order valence-electron chi connectivity index (χ3n) is 2.76. The molecule has 2 rings (SSSR count). The fraction of sp³-hybridized carbons (Fsp3) is 0.700. The van der Waals surface area contributed by atoms with E-state index in [1.165, 1.54) is 24.9 Å². The Balaban J connectivity index is 2.00. The molecule has 1 aliphatic heterocycles. The average Bonchev–Trinajstić information content (AvgIpc) is 2.64. The van der Waals surface area contributed by atoms with Gasteiger partial charge in [-0.15, -0.1) is 0 Å². The van der Waals surface area contributed by atoms with Gasteiger partial charge in [0.15, 0.2) is 0 Å². The molecule has 0 aliphatic carbocycles. The van der Waals surface area contributed by atoms with Crippen LogP contribution in [0.1, 0.15) is 24.1 Å². The number of hydrogen-bond acceptors (Lipinski definition) is 2. The Morgan fingerprint density at radius 2 is 2.46 bits per heavy atom. The first kappa shape index (κ1) is 8.75. The van der Waals surface area contributed by atoms with Crippen LogP contribution in [0.5, 0.6) is 0 Å². The first-order chi connectivity index (χ1) is 6.25. The van der Waals surface area contributed by atoms with Gasteiger partial charge in [0, 0.05) is 12.2 Å². The second-order valence-electron chi connectivity index (χ2n) is 3.91. The van der Waals surface area contributed by atoms with Gasteiger partial charge in [-0.2, -0.15) is 5.10 Å². The summed E-state index contributed by atoms with van der Waals surface area (Å²) < 4.78 is 2.06. The van der Waals surface area contributed by atoms with Crippen LogP contribution in [-0.2, 0) is 6.54 Å². The first-order valence-electron chi connectivity index (χ1n) is 5.00. The van der Waals surface area contributed by atoms with Crippen LogP contribution in [0.15, 0.2) is 6.20 Å². The normalized spacial score (nSPS) is 22.5. The highest BCUT2D eigenvalue weighted by Crippen LogP contribution is 2.09. The molecule has 1 aliphatic rings. The van der Waals surface area contributed by atoms with Crippen molar-refractivity contribution in [3.8, 4) is 0 Å². The van der Waals surface area contributed by atoms with Crippen LogP contribution in [-0.4, -0.2) is 22.4 Å². The van der Waals surface area contributed by atoms with Crippen LogP contribution in [0.4, 0.5) is 0 Å². The van der Waals surface area contributed by atoms with E-state index in [9.17, 15) is 0 Å². The largest absolute Gasteiger partial charge is 0.312 e. The molecule has 13 heavy (non-hydrogen) atoms. The van der Waals surface area contributed by atoms with Gasteiger partial charge in [-0.3, -0.25) is 4.68 Å². The van der Waals surface area contributed by atoms with Gasteiger partial charge < -0.3 is 5.32 Å². The van der Waals surface area contributed by atoms with E-state index < -0.39 is 0 Å². The lowest BCUT2D eigenvalue weighted by Gasteiger charge is -2.09. The van der Waals surface area contributed by atoms with Crippen molar-refractivity contribution in [3.05, 3.63) is 17.5 Å². The summed E-state index contributed by atoms with van der Waals surface area (Å²) in [5.41, 5.74) is 2.44. The van der Waals surface area contributed by atoms with Crippen LogP contribution in [0.25, 0.3) is 0 Å². The Morgan fingerprint density at radius 1 is 1.62 bits per heavy atom. The predicted octanol–water partition coefficient (Wildman–Crippen LogP) is 1.25. The van der Waals surface area contributed by atoms with Gasteiger partial charge in [0.05, 0.1) is 12.2 Å². The van der Waals surface area contributed by atoms with Crippen molar-refractivity contribution in [3.63, 3.8) is 0 Å². The highest BCUT2D eigenvalue weighted by atomic mass is 15.3. The van der Waals surface area contributed by atoms with Crippen molar-refractivity contribution in [2.75, 3.05) is 6.54 Å². The number of aryl methyl sites for hydroxylation is 2. The smallest absolute Gasteiger partial charge is 0.0622 e. The molecule has 1 aromatic heterocycles. The molecule has 2 heterocycles. The van der Waals surface area contributed by atoms with E-state index in [4.69, 9.17) is 0 Å². The lowest BCUT2D eigenvalue weighted by Crippen LogP contribution is -2.26. The monoisotopic (exact) mass is 179 g/mol. The molecule has 1 N–H and O–H groups in total. The summed E-state index contributed by atoms with van der Waals surface area (Å²) in [6.07, 6.45) is 4.73. The maximum atomic E-state index is 4.45. The molecule has 0 spiro atoms. The van der Waals surface area contributed by atoms with E-state index in [1.807, 2.05) is 0 Å². The predicted molar refractivity (Wildman–Crippen MR) is 52.7 cm³/mol. The van der Waals surface area contributed by atoms with Gasteiger partial charge in [0.25, 0.3) is 0 Å². The number of aromatic nitrogens is 2. The Bertz CT molecular complexity index is 265. The van der Waals surface area contributed by atoms with Crippen molar-refractivity contribution in [1.29, 1.82) is 0 Å². The average molecular weight is 179 g/mol. The Labute approximate surface area is 79.1 Å². The zero-order valence-electron chi connectivity index (χ0n) is 8.38. The maximum absolute atomic E-state index is 4.45. The highest BCUT2D eigenvalue weighted by molar-refractivity contribution is 5.12. The van der Waals surface area contributed by atoms with Crippen LogP contribution in [0, 0.1) is 13.8 Å². The molecule has 1 unspecified atom stereocenters. The zero-order valence-corrected chi connectivity index (χ0v) is 8.38. The van der Waals surface area contributed by atoms with Crippen molar-refractivity contribution in [2.24, 2.45) is 0 Å². The van der Waals surface area contributed by atoms with Gasteiger partial charge in [-0.25, -0.2) is 0 Å². The lowest BCUT2D eigenvalue weighted by molar-refractivity contribution is 0.474. The molecule has 0 bridgehead atoms. The van der Waals surface area contributed by atoms with Crippen molar-refractivity contribution >= 4 is 0 Å². The van der Waals surface area contributed by atoms with Gasteiger partial charge in [-0.05, 0) is 38.8 Å². The minimum absolute atomic E-state index is 0.638. The van der Waals surface area contributed by atoms with E-state index in [1.54, 1.807) is 0 Å². The second kappa shape index (κ2) is 3.50. The Kier molecular flexibility index (Phi) is 2.36. The van der Waals surface area contributed by atoms with Crippen LogP contribution < -0.4 is 5.32 Å². The summed E-state index contributed by atoms with van der Waals surface area (Å²) >= 11 is 0. The molecular weight excluding hydrogens is 162 g/mol. The SMILES string of the molecule is Cc1cn(CC2CCCN2)nc1C. The van der Waals surface area contributed by atoms with E-state index in [-0.39, 0.29) is 0 Å². The minimum atomic E-state index is 0.638. The number of nitrogens with one attached hydrogen (secondary N) is 1. The summed E-state index contributed by atoms with van der Waals surface area (Å²) in [6.45, 7) is 6.37. The first-order valence-corrected chi connectivity index (χ1v) is 5.00. The molecule has 3 nitrogen and oxygen atoms in total. The van der Waals surface area contributed by atoms with Gasteiger partial charge >= 0.3 is 0 Å². The molecular formula is C10H17N3. The zero-order chi connectivity index (χ0) is 9.26. The fourth-order valence-corrected chi connectivity index (χ4v) is 1.85. The van der Waals surface area contributed by atoms with Gasteiger partial charge in [-0.1, -0.05) is 0 Å². The van der Waals surface area contributed by atoms with Crippen LogP contribution in [0.2, 0.25) is 0 Å². The Morgan fingerprint density at radius 3 is 3.00 bits per heavy atom. The topological polar surface area (TPSA) is 29.9 Å². The summed E-state index contributed by atoms with van der Waals surface area (Å²) in [5.74, 6) is 0. The van der Waals surface area contributed by atoms with E-state index >= 15 is 0 Å². The summed E-state index contributed by atoms with van der Waals surface area (Å²) in [5, 5.41) is 7.92. The number of hydrogen-bond donors (Lipinski definition) is 1. The Hall–Kier alpha value is -0.830. The highest BCUT2D eigenvalue weighted by Gasteiger charge is 2.14. The molecule has 1 saturated heterocycles. The molecule has 1 fully saturated rings. The maximum Gasteiger partial charge on any atom is 0.0622 e.